The summed E-state index contributed by atoms with van der Waals surface area (Å²) in [7, 11) is -4.22. The van der Waals surface area contributed by atoms with E-state index in [9.17, 15) is 30.8 Å². The van der Waals surface area contributed by atoms with Crippen molar-refractivity contribution in [2.75, 3.05) is 10.0 Å². The number of rotatable bonds is 7. The zero-order valence-electron chi connectivity index (χ0n) is 17.4. The third-order valence-electron chi connectivity index (χ3n) is 4.45. The Bertz CT molecular complexity index is 1280. The standard InChI is InChI=1S/C22H17ClF4N2O4S/c1-13(33-17-7-2-14(24)3-8-17)21(30)28-15-4-9-18(10-5-15)34(31,32)29-16-6-11-20(23)19(12-16)22(25,26)27/h2-13,29H,1H3,(H,28,30)/t13-/m0/s1. The van der Waals surface area contributed by atoms with Crippen LogP contribution in [0.1, 0.15) is 12.5 Å². The van der Waals surface area contributed by atoms with E-state index in [4.69, 9.17) is 16.3 Å². The van der Waals surface area contributed by atoms with Gasteiger partial charge in [-0.05, 0) is 73.7 Å². The quantitative estimate of drug-likeness (QED) is 0.394. The van der Waals surface area contributed by atoms with Gasteiger partial charge in [0.05, 0.1) is 15.5 Å². The van der Waals surface area contributed by atoms with Gasteiger partial charge in [-0.3, -0.25) is 9.52 Å². The number of ether oxygens (including phenoxy) is 1. The molecule has 0 radical (unpaired) electrons. The van der Waals surface area contributed by atoms with Gasteiger partial charge in [0.25, 0.3) is 15.9 Å². The monoisotopic (exact) mass is 516 g/mol. The van der Waals surface area contributed by atoms with Gasteiger partial charge in [0.1, 0.15) is 11.6 Å². The molecule has 0 aliphatic heterocycles. The van der Waals surface area contributed by atoms with E-state index in [-0.39, 0.29) is 22.0 Å². The minimum atomic E-state index is -4.75. The van der Waals surface area contributed by atoms with Crippen molar-refractivity contribution in [2.45, 2.75) is 24.1 Å². The summed E-state index contributed by atoms with van der Waals surface area (Å²) in [6.45, 7) is 1.47. The van der Waals surface area contributed by atoms with Gasteiger partial charge in [0.2, 0.25) is 0 Å². The lowest BCUT2D eigenvalue weighted by Crippen LogP contribution is -2.30. The fourth-order valence-corrected chi connectivity index (χ4v) is 4.03. The van der Waals surface area contributed by atoms with Crippen LogP contribution in [0.2, 0.25) is 5.02 Å². The van der Waals surface area contributed by atoms with E-state index in [2.05, 4.69) is 10.0 Å². The first-order chi connectivity index (χ1) is 15.8. The van der Waals surface area contributed by atoms with Crippen LogP contribution in [-0.4, -0.2) is 20.4 Å². The van der Waals surface area contributed by atoms with Gasteiger partial charge in [-0.1, -0.05) is 11.6 Å². The molecule has 0 bridgehead atoms. The average Bonchev–Trinajstić information content (AvgIpc) is 2.76. The molecule has 0 spiro atoms. The first kappa shape index (κ1) is 25.3. The highest BCUT2D eigenvalue weighted by Crippen LogP contribution is 2.36. The molecule has 3 rings (SSSR count). The second-order valence-electron chi connectivity index (χ2n) is 7.03. The topological polar surface area (TPSA) is 84.5 Å². The molecule has 0 saturated heterocycles. The predicted molar refractivity (Wildman–Crippen MR) is 119 cm³/mol. The van der Waals surface area contributed by atoms with Gasteiger partial charge in [-0.15, -0.1) is 0 Å². The summed E-state index contributed by atoms with van der Waals surface area (Å²) in [6.07, 6.45) is -5.70. The van der Waals surface area contributed by atoms with E-state index in [1.807, 2.05) is 0 Å². The van der Waals surface area contributed by atoms with Gasteiger partial charge in [-0.25, -0.2) is 12.8 Å². The predicted octanol–water partition coefficient (Wildman–Crippen LogP) is 5.70. The number of nitrogens with one attached hydrogen (secondary N) is 2. The summed E-state index contributed by atoms with van der Waals surface area (Å²) in [4.78, 5) is 12.1. The molecular formula is C22H17ClF4N2O4S. The van der Waals surface area contributed by atoms with Gasteiger partial charge in [0, 0.05) is 11.4 Å². The maximum Gasteiger partial charge on any atom is 0.417 e. The van der Waals surface area contributed by atoms with Gasteiger partial charge < -0.3 is 10.1 Å². The summed E-state index contributed by atoms with van der Waals surface area (Å²) in [5, 5.41) is 1.98. The van der Waals surface area contributed by atoms with Crippen molar-refractivity contribution in [2.24, 2.45) is 0 Å². The van der Waals surface area contributed by atoms with Crippen LogP contribution in [0.4, 0.5) is 28.9 Å². The second-order valence-corrected chi connectivity index (χ2v) is 9.12. The van der Waals surface area contributed by atoms with Crippen LogP contribution >= 0.6 is 11.6 Å². The molecule has 1 atom stereocenters. The lowest BCUT2D eigenvalue weighted by atomic mass is 10.2. The minimum Gasteiger partial charge on any atom is -0.481 e. The average molecular weight is 517 g/mol. The molecule has 0 heterocycles. The third-order valence-corrected chi connectivity index (χ3v) is 6.18. The van der Waals surface area contributed by atoms with Crippen LogP contribution in [0, 0.1) is 5.82 Å². The first-order valence-corrected chi connectivity index (χ1v) is 11.4. The Balaban J connectivity index is 1.67. The van der Waals surface area contributed by atoms with E-state index in [0.717, 1.165) is 12.1 Å². The van der Waals surface area contributed by atoms with Crippen LogP contribution in [-0.2, 0) is 21.0 Å². The van der Waals surface area contributed by atoms with E-state index in [1.54, 1.807) is 0 Å². The molecule has 6 nitrogen and oxygen atoms in total. The molecule has 0 aliphatic rings. The number of carbonyl (C=O) groups is 1. The van der Waals surface area contributed by atoms with Crippen molar-refractivity contribution in [1.82, 2.24) is 0 Å². The molecule has 34 heavy (non-hydrogen) atoms. The van der Waals surface area contributed by atoms with Crippen molar-refractivity contribution in [1.29, 1.82) is 0 Å². The number of amides is 1. The lowest BCUT2D eigenvalue weighted by molar-refractivity contribution is -0.137. The molecule has 3 aromatic carbocycles. The van der Waals surface area contributed by atoms with Crippen molar-refractivity contribution in [3.63, 3.8) is 0 Å². The Kier molecular flexibility index (Phi) is 7.37. The van der Waals surface area contributed by atoms with Crippen molar-refractivity contribution in [3.05, 3.63) is 83.1 Å². The maximum absolute atomic E-state index is 13.0. The number of hydrogen-bond acceptors (Lipinski definition) is 4. The number of sulfonamides is 1. The molecule has 3 aromatic rings. The minimum absolute atomic E-state index is 0.246. The second kappa shape index (κ2) is 9.90. The maximum atomic E-state index is 13.0. The van der Waals surface area contributed by atoms with E-state index in [0.29, 0.717) is 6.07 Å². The number of alkyl halides is 3. The zero-order chi connectivity index (χ0) is 25.1. The number of benzene rings is 3. The lowest BCUT2D eigenvalue weighted by Gasteiger charge is -2.15. The molecule has 180 valence electrons. The molecule has 1 amide bonds. The Morgan fingerprint density at radius 1 is 0.971 bits per heavy atom. The van der Waals surface area contributed by atoms with Gasteiger partial charge in [-0.2, -0.15) is 13.2 Å². The molecule has 0 saturated carbocycles. The van der Waals surface area contributed by atoms with E-state index in [1.165, 1.54) is 55.5 Å². The zero-order valence-corrected chi connectivity index (χ0v) is 18.9. The number of halogens is 5. The summed E-state index contributed by atoms with van der Waals surface area (Å²) in [5.74, 6) is -0.711. The van der Waals surface area contributed by atoms with Crippen LogP contribution in [0.5, 0.6) is 5.75 Å². The van der Waals surface area contributed by atoms with Gasteiger partial charge >= 0.3 is 6.18 Å². The van der Waals surface area contributed by atoms with Crippen molar-refractivity contribution >= 4 is 38.9 Å². The Morgan fingerprint density at radius 3 is 2.15 bits per heavy atom. The fourth-order valence-electron chi connectivity index (χ4n) is 2.75. The summed E-state index contributed by atoms with van der Waals surface area (Å²) in [5.41, 5.74) is -1.24. The van der Waals surface area contributed by atoms with E-state index >= 15 is 0 Å². The smallest absolute Gasteiger partial charge is 0.417 e. The van der Waals surface area contributed by atoms with Crippen LogP contribution in [0.3, 0.4) is 0 Å². The summed E-state index contributed by atoms with van der Waals surface area (Å²) < 4.78 is 84.6. The van der Waals surface area contributed by atoms with Crippen molar-refractivity contribution < 1.29 is 35.5 Å². The van der Waals surface area contributed by atoms with E-state index < -0.39 is 44.6 Å². The summed E-state index contributed by atoms with van der Waals surface area (Å²) >= 11 is 5.55. The molecule has 0 unspecified atom stereocenters. The number of carbonyl (C=O) groups excluding carboxylic acids is 1. The molecule has 0 aliphatic carbocycles. The fraction of sp³-hybridized carbons (Fsp3) is 0.136. The largest absolute Gasteiger partial charge is 0.481 e. The molecule has 2 N–H and O–H groups in total. The highest BCUT2D eigenvalue weighted by molar-refractivity contribution is 7.92. The number of anilines is 2. The Morgan fingerprint density at radius 2 is 1.56 bits per heavy atom. The number of hydrogen-bond donors (Lipinski definition) is 2. The normalized spacial score (nSPS) is 12.6. The van der Waals surface area contributed by atoms with Crippen LogP contribution < -0.4 is 14.8 Å². The SMILES string of the molecule is C[C@H](Oc1ccc(F)cc1)C(=O)Nc1ccc(S(=O)(=O)Nc2ccc(Cl)c(C(F)(F)F)c2)cc1. The Hall–Kier alpha value is -3.31. The highest BCUT2D eigenvalue weighted by atomic mass is 35.5. The first-order valence-electron chi connectivity index (χ1n) is 9.58. The summed E-state index contributed by atoms with van der Waals surface area (Å²) in [6, 6.07) is 12.7. The Labute approximate surface area is 197 Å². The molecule has 12 heteroatoms. The van der Waals surface area contributed by atoms with Crippen LogP contribution in [0.25, 0.3) is 0 Å². The third kappa shape index (κ3) is 6.39. The van der Waals surface area contributed by atoms with Gasteiger partial charge in [0.15, 0.2) is 6.10 Å². The molecule has 0 aromatic heterocycles. The highest BCUT2D eigenvalue weighted by Gasteiger charge is 2.33. The molecule has 0 fully saturated rings. The van der Waals surface area contributed by atoms with Crippen LogP contribution in [0.15, 0.2) is 71.6 Å². The molecular weight excluding hydrogens is 500 g/mol. The van der Waals surface area contributed by atoms with Crippen molar-refractivity contribution in [3.8, 4) is 5.75 Å².